The molecule has 0 aromatic carbocycles. The van der Waals surface area contributed by atoms with E-state index in [1.54, 1.807) is 0 Å². The summed E-state index contributed by atoms with van der Waals surface area (Å²) >= 11 is 10.5. The average molecular weight is 123 g/mol. The highest BCUT2D eigenvalue weighted by molar-refractivity contribution is 6.29. The van der Waals surface area contributed by atoms with E-state index in [1.165, 1.54) is 0 Å². The summed E-state index contributed by atoms with van der Waals surface area (Å²) in [5.74, 6) is 2.58. The Morgan fingerprint density at radius 1 is 1.83 bits per heavy atom. The summed E-state index contributed by atoms with van der Waals surface area (Å²) in [6, 6.07) is 0. The van der Waals surface area contributed by atoms with E-state index < -0.39 is 0 Å². The molecular formula is C4H4Cl2. The molecule has 0 nitrogen and oxygen atoms in total. The first-order chi connectivity index (χ1) is 2.81. The van der Waals surface area contributed by atoms with Gasteiger partial charge in [-0.1, -0.05) is 5.92 Å². The van der Waals surface area contributed by atoms with Gasteiger partial charge in [-0.15, -0.1) is 29.6 Å². The molecule has 1 atom stereocenters. The molecule has 0 spiro atoms. The molecule has 2 heteroatoms. The summed E-state index contributed by atoms with van der Waals surface area (Å²) in [7, 11) is 0. The van der Waals surface area contributed by atoms with Crippen molar-refractivity contribution in [2.24, 2.45) is 0 Å². The molecule has 0 aliphatic heterocycles. The fraction of sp³-hybridized carbons (Fsp3) is 0.500. The van der Waals surface area contributed by atoms with Gasteiger partial charge in [-0.05, 0) is 0 Å². The first-order valence-electron chi connectivity index (χ1n) is 1.47. The Morgan fingerprint density at radius 3 is 2.33 bits per heavy atom. The molecule has 34 valence electrons. The third-order valence-electron chi connectivity index (χ3n) is 0.316. The number of terminal acetylenes is 1. The van der Waals surface area contributed by atoms with E-state index in [-0.39, 0.29) is 5.38 Å². The highest BCUT2D eigenvalue weighted by atomic mass is 35.5. The second kappa shape index (κ2) is 3.33. The van der Waals surface area contributed by atoms with Crippen LogP contribution in [-0.4, -0.2) is 11.3 Å². The summed E-state index contributed by atoms with van der Waals surface area (Å²) in [5, 5.41) is -0.299. The molecule has 0 saturated carbocycles. The van der Waals surface area contributed by atoms with Crippen LogP contribution in [0.1, 0.15) is 0 Å². The predicted molar refractivity (Wildman–Crippen MR) is 29.2 cm³/mol. The van der Waals surface area contributed by atoms with Crippen molar-refractivity contribution < 1.29 is 0 Å². The Balaban J connectivity index is 3.04. The van der Waals surface area contributed by atoms with Crippen molar-refractivity contribution in [1.29, 1.82) is 0 Å². The van der Waals surface area contributed by atoms with Gasteiger partial charge in [0.25, 0.3) is 0 Å². The maximum absolute atomic E-state index is 5.28. The maximum atomic E-state index is 5.28. The zero-order valence-electron chi connectivity index (χ0n) is 3.12. The fourth-order valence-electron chi connectivity index (χ4n) is 0.0445. The van der Waals surface area contributed by atoms with Crippen molar-refractivity contribution in [3.05, 3.63) is 0 Å². The zero-order chi connectivity index (χ0) is 4.99. The lowest BCUT2D eigenvalue weighted by Gasteiger charge is -1.85. The highest BCUT2D eigenvalue weighted by Gasteiger charge is 1.90. The van der Waals surface area contributed by atoms with Crippen molar-refractivity contribution in [2.45, 2.75) is 5.38 Å². The van der Waals surface area contributed by atoms with Crippen LogP contribution < -0.4 is 0 Å². The van der Waals surface area contributed by atoms with Gasteiger partial charge in [0.2, 0.25) is 0 Å². The lowest BCUT2D eigenvalue weighted by Crippen LogP contribution is -1.91. The molecule has 0 rings (SSSR count). The summed E-state index contributed by atoms with van der Waals surface area (Å²) in [6.07, 6.45) is 4.82. The Labute approximate surface area is 47.4 Å². The molecule has 0 bridgehead atoms. The largest absolute Gasteiger partial charge is 0.124 e. The van der Waals surface area contributed by atoms with Crippen molar-refractivity contribution >= 4 is 23.2 Å². The minimum Gasteiger partial charge on any atom is -0.124 e. The van der Waals surface area contributed by atoms with Gasteiger partial charge in [-0.25, -0.2) is 0 Å². The molecule has 0 saturated heterocycles. The lowest BCUT2D eigenvalue weighted by molar-refractivity contribution is 1.30. The number of halogens is 2. The third kappa shape index (κ3) is 2.38. The first-order valence-corrected chi connectivity index (χ1v) is 2.44. The SMILES string of the molecule is C#CC(Cl)CCl. The third-order valence-corrected chi connectivity index (χ3v) is 1.06. The van der Waals surface area contributed by atoms with Gasteiger partial charge in [0.1, 0.15) is 5.38 Å². The Kier molecular flexibility index (Phi) is 3.41. The van der Waals surface area contributed by atoms with Crippen molar-refractivity contribution in [3.8, 4) is 12.3 Å². The van der Waals surface area contributed by atoms with Crippen LogP contribution in [0.3, 0.4) is 0 Å². The molecular weight excluding hydrogens is 119 g/mol. The number of rotatable bonds is 1. The molecule has 6 heavy (non-hydrogen) atoms. The fourth-order valence-corrected chi connectivity index (χ4v) is 0.134. The molecule has 0 N–H and O–H groups in total. The van der Waals surface area contributed by atoms with Gasteiger partial charge in [0, 0.05) is 5.88 Å². The van der Waals surface area contributed by atoms with Gasteiger partial charge in [-0.2, -0.15) is 0 Å². The van der Waals surface area contributed by atoms with Crippen LogP contribution in [0, 0.1) is 12.3 Å². The van der Waals surface area contributed by atoms with Gasteiger partial charge >= 0.3 is 0 Å². The topological polar surface area (TPSA) is 0 Å². The van der Waals surface area contributed by atoms with Crippen molar-refractivity contribution in [3.63, 3.8) is 0 Å². The molecule has 0 aliphatic carbocycles. The quantitative estimate of drug-likeness (QED) is 0.365. The molecule has 0 amide bonds. The number of alkyl halides is 2. The Bertz CT molecular complexity index is 62.4. The molecule has 0 radical (unpaired) electrons. The van der Waals surface area contributed by atoms with Crippen molar-refractivity contribution in [1.82, 2.24) is 0 Å². The van der Waals surface area contributed by atoms with E-state index >= 15 is 0 Å². The average Bonchev–Trinajstić information content (AvgIpc) is 1.65. The van der Waals surface area contributed by atoms with Crippen LogP contribution in [0.4, 0.5) is 0 Å². The lowest BCUT2D eigenvalue weighted by atomic mass is 10.5. The van der Waals surface area contributed by atoms with E-state index in [0.717, 1.165) is 0 Å². The van der Waals surface area contributed by atoms with Crippen molar-refractivity contribution in [2.75, 3.05) is 5.88 Å². The molecule has 0 aliphatic rings. The summed E-state index contributed by atoms with van der Waals surface area (Å²) < 4.78 is 0. The number of hydrogen-bond donors (Lipinski definition) is 0. The summed E-state index contributed by atoms with van der Waals surface area (Å²) in [4.78, 5) is 0. The molecule has 1 unspecified atom stereocenters. The highest BCUT2D eigenvalue weighted by Crippen LogP contribution is 1.93. The molecule has 0 aromatic heterocycles. The van der Waals surface area contributed by atoms with Crippen LogP contribution in [0.5, 0.6) is 0 Å². The van der Waals surface area contributed by atoms with Gasteiger partial charge in [0.05, 0.1) is 0 Å². The Morgan fingerprint density at radius 2 is 2.33 bits per heavy atom. The van der Waals surface area contributed by atoms with Gasteiger partial charge in [-0.3, -0.25) is 0 Å². The van der Waals surface area contributed by atoms with Crippen LogP contribution in [-0.2, 0) is 0 Å². The monoisotopic (exact) mass is 122 g/mol. The van der Waals surface area contributed by atoms with E-state index in [4.69, 9.17) is 29.6 Å². The first kappa shape index (κ1) is 6.14. The van der Waals surface area contributed by atoms with E-state index in [9.17, 15) is 0 Å². The Hall–Kier alpha value is 0.140. The van der Waals surface area contributed by atoms with Gasteiger partial charge < -0.3 is 0 Å². The summed E-state index contributed by atoms with van der Waals surface area (Å²) in [6.45, 7) is 0. The normalized spacial score (nSPS) is 12.8. The molecule has 0 fully saturated rings. The van der Waals surface area contributed by atoms with Crippen LogP contribution in [0.2, 0.25) is 0 Å². The maximum Gasteiger partial charge on any atom is 0.107 e. The van der Waals surface area contributed by atoms with E-state index in [2.05, 4.69) is 5.92 Å². The van der Waals surface area contributed by atoms with E-state index in [0.29, 0.717) is 5.88 Å². The van der Waals surface area contributed by atoms with Crippen LogP contribution in [0.15, 0.2) is 0 Å². The predicted octanol–water partition coefficient (Wildman–Crippen LogP) is 1.47. The second-order valence-electron chi connectivity index (χ2n) is 0.789. The second-order valence-corrected chi connectivity index (χ2v) is 1.62. The molecule has 0 heterocycles. The standard InChI is InChI=1S/C4H4Cl2/c1-2-4(6)3-5/h1,4H,3H2. The number of hydrogen-bond acceptors (Lipinski definition) is 0. The zero-order valence-corrected chi connectivity index (χ0v) is 4.63. The van der Waals surface area contributed by atoms with Crippen LogP contribution in [0.25, 0.3) is 0 Å². The summed E-state index contributed by atoms with van der Waals surface area (Å²) in [5.41, 5.74) is 0. The minimum absolute atomic E-state index is 0.299. The smallest absolute Gasteiger partial charge is 0.107 e. The van der Waals surface area contributed by atoms with E-state index in [1.807, 2.05) is 0 Å². The van der Waals surface area contributed by atoms with Gasteiger partial charge in [0.15, 0.2) is 0 Å². The van der Waals surface area contributed by atoms with Crippen LogP contribution >= 0.6 is 23.2 Å². The molecule has 0 aromatic rings. The minimum atomic E-state index is -0.299.